The zero-order valence-electron chi connectivity index (χ0n) is 12.8. The van der Waals surface area contributed by atoms with Gasteiger partial charge < -0.3 is 0 Å². The molecule has 2 fully saturated rings. The van der Waals surface area contributed by atoms with Gasteiger partial charge in [0.1, 0.15) is 0 Å². The van der Waals surface area contributed by atoms with E-state index in [1.165, 1.54) is 38.5 Å². The zero-order valence-corrected chi connectivity index (χ0v) is 12.8. The van der Waals surface area contributed by atoms with Crippen LogP contribution in [0.3, 0.4) is 0 Å². The van der Waals surface area contributed by atoms with E-state index in [-0.39, 0.29) is 0 Å². The lowest BCUT2D eigenvalue weighted by Crippen LogP contribution is -2.25. The van der Waals surface area contributed by atoms with Crippen molar-refractivity contribution < 1.29 is 0 Å². The summed E-state index contributed by atoms with van der Waals surface area (Å²) in [6.45, 7) is 4.71. The Morgan fingerprint density at radius 1 is 0.667 bits per heavy atom. The van der Waals surface area contributed by atoms with E-state index in [0.717, 1.165) is 23.7 Å². The standard InChI is InChI=1S/C18H34/c1-3-5-6-16-9-13-18(14-10-16)17-11-7-15(4-2)8-12-17/h15-18H,3-14H2,1-2H3/t15-,16-,17-,18-. The highest BCUT2D eigenvalue weighted by Crippen LogP contribution is 2.42. The van der Waals surface area contributed by atoms with Crippen LogP contribution in [0.2, 0.25) is 0 Å². The minimum absolute atomic E-state index is 1.07. The summed E-state index contributed by atoms with van der Waals surface area (Å²) in [5.74, 6) is 4.39. The van der Waals surface area contributed by atoms with Gasteiger partial charge in [-0.15, -0.1) is 0 Å². The third-order valence-electron chi connectivity index (χ3n) is 5.99. The Bertz CT molecular complexity index is 204. The molecule has 2 rings (SSSR count). The van der Waals surface area contributed by atoms with Gasteiger partial charge in [0.05, 0.1) is 0 Å². The Balaban J connectivity index is 1.67. The first-order valence-corrected chi connectivity index (χ1v) is 8.83. The molecule has 0 heteroatoms. The number of unbranched alkanes of at least 4 members (excludes halogenated alkanes) is 1. The predicted octanol–water partition coefficient (Wildman–Crippen LogP) is 6.20. The third-order valence-corrected chi connectivity index (χ3v) is 5.99. The summed E-state index contributed by atoms with van der Waals surface area (Å²) in [4.78, 5) is 0. The number of rotatable bonds is 5. The molecule has 0 radical (unpaired) electrons. The first-order chi connectivity index (χ1) is 8.83. The topological polar surface area (TPSA) is 0 Å². The highest BCUT2D eigenvalue weighted by atomic mass is 14.4. The van der Waals surface area contributed by atoms with Gasteiger partial charge in [0.15, 0.2) is 0 Å². The van der Waals surface area contributed by atoms with E-state index >= 15 is 0 Å². The van der Waals surface area contributed by atoms with Crippen LogP contribution in [0, 0.1) is 23.7 Å². The van der Waals surface area contributed by atoms with Crippen molar-refractivity contribution in [1.82, 2.24) is 0 Å². The van der Waals surface area contributed by atoms with E-state index < -0.39 is 0 Å². The zero-order chi connectivity index (χ0) is 12.8. The number of hydrogen-bond donors (Lipinski definition) is 0. The van der Waals surface area contributed by atoms with Crippen LogP contribution < -0.4 is 0 Å². The SMILES string of the molecule is CCCC[C@H]1CC[C@H]([C@H]2CC[C@H](CC)CC2)CC1. The molecule has 0 aromatic carbocycles. The fourth-order valence-corrected chi connectivity index (χ4v) is 4.51. The highest BCUT2D eigenvalue weighted by Gasteiger charge is 2.30. The largest absolute Gasteiger partial charge is 0.0654 e. The Kier molecular flexibility index (Phi) is 6.05. The summed E-state index contributed by atoms with van der Waals surface area (Å²) < 4.78 is 0. The first kappa shape index (κ1) is 14.4. The van der Waals surface area contributed by atoms with E-state index in [2.05, 4.69) is 13.8 Å². The van der Waals surface area contributed by atoms with Crippen molar-refractivity contribution in [2.45, 2.75) is 90.9 Å². The molecule has 0 bridgehead atoms. The van der Waals surface area contributed by atoms with Crippen LogP contribution >= 0.6 is 0 Å². The van der Waals surface area contributed by atoms with Gasteiger partial charge in [0.2, 0.25) is 0 Å². The molecular formula is C18H34. The minimum Gasteiger partial charge on any atom is -0.0654 e. The summed E-state index contributed by atoms with van der Waals surface area (Å²) in [5.41, 5.74) is 0. The molecule has 106 valence electrons. The third kappa shape index (κ3) is 4.00. The summed E-state index contributed by atoms with van der Waals surface area (Å²) in [6, 6.07) is 0. The monoisotopic (exact) mass is 250 g/mol. The Hall–Kier alpha value is 0. The maximum absolute atomic E-state index is 2.38. The normalized spacial score (nSPS) is 37.7. The Morgan fingerprint density at radius 2 is 1.17 bits per heavy atom. The van der Waals surface area contributed by atoms with Crippen molar-refractivity contribution in [3.8, 4) is 0 Å². The molecule has 0 nitrogen and oxygen atoms in total. The van der Waals surface area contributed by atoms with Crippen LogP contribution in [0.1, 0.15) is 90.9 Å². The quantitative estimate of drug-likeness (QED) is 0.545. The molecule has 0 aliphatic heterocycles. The van der Waals surface area contributed by atoms with Crippen LogP contribution in [-0.2, 0) is 0 Å². The van der Waals surface area contributed by atoms with Crippen molar-refractivity contribution in [2.24, 2.45) is 23.7 Å². The van der Waals surface area contributed by atoms with Crippen LogP contribution in [-0.4, -0.2) is 0 Å². The van der Waals surface area contributed by atoms with Gasteiger partial charge in [-0.1, -0.05) is 65.2 Å². The van der Waals surface area contributed by atoms with Gasteiger partial charge >= 0.3 is 0 Å². The fraction of sp³-hybridized carbons (Fsp3) is 1.00. The first-order valence-electron chi connectivity index (χ1n) is 8.83. The van der Waals surface area contributed by atoms with Gasteiger partial charge in [-0.25, -0.2) is 0 Å². The van der Waals surface area contributed by atoms with E-state index in [1.54, 1.807) is 38.5 Å². The number of hydrogen-bond acceptors (Lipinski definition) is 0. The maximum atomic E-state index is 2.38. The molecule has 0 N–H and O–H groups in total. The van der Waals surface area contributed by atoms with Crippen molar-refractivity contribution in [3.63, 3.8) is 0 Å². The molecule has 0 aromatic heterocycles. The van der Waals surface area contributed by atoms with Gasteiger partial charge in [-0.05, 0) is 49.4 Å². The lowest BCUT2D eigenvalue weighted by Gasteiger charge is -2.37. The van der Waals surface area contributed by atoms with Crippen LogP contribution in [0.25, 0.3) is 0 Å². The second-order valence-electron chi connectivity index (χ2n) is 7.11. The summed E-state index contributed by atoms with van der Waals surface area (Å²) in [5, 5.41) is 0. The second kappa shape index (κ2) is 7.56. The van der Waals surface area contributed by atoms with E-state index in [9.17, 15) is 0 Å². The molecule has 0 heterocycles. The average Bonchev–Trinajstić information content (AvgIpc) is 2.46. The molecule has 18 heavy (non-hydrogen) atoms. The molecule has 2 aliphatic rings. The smallest absolute Gasteiger partial charge is 0.0386 e. The summed E-state index contributed by atoms with van der Waals surface area (Å²) >= 11 is 0. The molecular weight excluding hydrogens is 216 g/mol. The molecule has 0 amide bonds. The predicted molar refractivity (Wildman–Crippen MR) is 80.7 cm³/mol. The van der Waals surface area contributed by atoms with Crippen molar-refractivity contribution in [2.75, 3.05) is 0 Å². The molecule has 0 unspecified atom stereocenters. The summed E-state index contributed by atoms with van der Waals surface area (Å²) in [7, 11) is 0. The van der Waals surface area contributed by atoms with Crippen molar-refractivity contribution >= 4 is 0 Å². The van der Waals surface area contributed by atoms with Crippen LogP contribution in [0.4, 0.5) is 0 Å². The maximum Gasteiger partial charge on any atom is -0.0386 e. The van der Waals surface area contributed by atoms with E-state index in [4.69, 9.17) is 0 Å². The molecule has 0 saturated heterocycles. The lowest BCUT2D eigenvalue weighted by molar-refractivity contribution is 0.142. The van der Waals surface area contributed by atoms with E-state index in [1.807, 2.05) is 0 Å². The van der Waals surface area contributed by atoms with Gasteiger partial charge in [0.25, 0.3) is 0 Å². The molecule has 0 atom stereocenters. The van der Waals surface area contributed by atoms with Crippen LogP contribution in [0.15, 0.2) is 0 Å². The molecule has 2 saturated carbocycles. The lowest BCUT2D eigenvalue weighted by atomic mass is 9.68. The minimum atomic E-state index is 1.07. The Labute approximate surface area is 115 Å². The second-order valence-corrected chi connectivity index (χ2v) is 7.11. The van der Waals surface area contributed by atoms with Crippen LogP contribution in [0.5, 0.6) is 0 Å². The van der Waals surface area contributed by atoms with Crippen molar-refractivity contribution in [3.05, 3.63) is 0 Å². The van der Waals surface area contributed by atoms with Gasteiger partial charge in [-0.3, -0.25) is 0 Å². The Morgan fingerprint density at radius 3 is 1.61 bits per heavy atom. The summed E-state index contributed by atoms with van der Waals surface area (Å²) in [6.07, 6.45) is 18.2. The van der Waals surface area contributed by atoms with Gasteiger partial charge in [0, 0.05) is 0 Å². The highest BCUT2D eigenvalue weighted by molar-refractivity contribution is 4.81. The van der Waals surface area contributed by atoms with Crippen molar-refractivity contribution in [1.29, 1.82) is 0 Å². The molecule has 0 aromatic rings. The average molecular weight is 250 g/mol. The molecule has 2 aliphatic carbocycles. The molecule has 0 spiro atoms. The fourth-order valence-electron chi connectivity index (χ4n) is 4.51. The van der Waals surface area contributed by atoms with E-state index in [0.29, 0.717) is 0 Å². The van der Waals surface area contributed by atoms with Gasteiger partial charge in [-0.2, -0.15) is 0 Å².